The Balaban J connectivity index is 1.56. The Labute approximate surface area is 161 Å². The van der Waals surface area contributed by atoms with Crippen LogP contribution in [0.3, 0.4) is 0 Å². The summed E-state index contributed by atoms with van der Waals surface area (Å²) >= 11 is 14.1. The van der Waals surface area contributed by atoms with Gasteiger partial charge in [-0.15, -0.1) is 11.3 Å². The number of hydrogen-bond acceptors (Lipinski definition) is 4. The summed E-state index contributed by atoms with van der Waals surface area (Å²) in [5, 5.41) is 2.82. The molecule has 1 amide bonds. The van der Waals surface area contributed by atoms with Crippen LogP contribution in [0.4, 0.5) is 0 Å². The molecule has 2 aromatic rings. The first-order chi connectivity index (χ1) is 12.1. The molecule has 0 bridgehead atoms. The second kappa shape index (κ2) is 8.41. The molecule has 0 atom stereocenters. The number of halogens is 2. The lowest BCUT2D eigenvalue weighted by Crippen LogP contribution is -2.49. The van der Waals surface area contributed by atoms with E-state index >= 15 is 0 Å². The van der Waals surface area contributed by atoms with Crippen molar-refractivity contribution in [1.82, 2.24) is 9.80 Å². The third kappa shape index (κ3) is 4.47. The third-order valence-corrected chi connectivity index (χ3v) is 5.86. The fourth-order valence-electron chi connectivity index (χ4n) is 2.96. The highest BCUT2D eigenvalue weighted by molar-refractivity contribution is 7.09. The Morgan fingerprint density at radius 3 is 2.44 bits per heavy atom. The Bertz CT molecular complexity index is 706. The molecule has 1 aromatic carbocycles. The van der Waals surface area contributed by atoms with E-state index in [0.29, 0.717) is 34.4 Å². The Hall–Kier alpha value is -1.27. The Kier molecular flexibility index (Phi) is 6.23. The van der Waals surface area contributed by atoms with Gasteiger partial charge in [0, 0.05) is 43.2 Å². The van der Waals surface area contributed by atoms with Gasteiger partial charge in [0.25, 0.3) is 5.91 Å². The minimum Gasteiger partial charge on any atom is -0.494 e. The lowest BCUT2D eigenvalue weighted by Gasteiger charge is -2.34. The second-order valence-corrected chi connectivity index (χ2v) is 7.78. The molecule has 4 nitrogen and oxygen atoms in total. The first-order valence-corrected chi connectivity index (χ1v) is 9.79. The van der Waals surface area contributed by atoms with E-state index in [2.05, 4.69) is 22.4 Å². The zero-order valence-electron chi connectivity index (χ0n) is 14.0. The van der Waals surface area contributed by atoms with Gasteiger partial charge in [-0.1, -0.05) is 29.3 Å². The largest absolute Gasteiger partial charge is 0.494 e. The van der Waals surface area contributed by atoms with Gasteiger partial charge in [0.05, 0.1) is 17.2 Å². The van der Waals surface area contributed by atoms with Gasteiger partial charge < -0.3 is 9.64 Å². The lowest BCUT2D eigenvalue weighted by molar-refractivity contribution is 0.0638. The van der Waals surface area contributed by atoms with Crippen LogP contribution in [0.2, 0.25) is 10.0 Å². The van der Waals surface area contributed by atoms with E-state index < -0.39 is 0 Å². The van der Waals surface area contributed by atoms with E-state index in [9.17, 15) is 4.79 Å². The second-order valence-electron chi connectivity index (χ2n) is 5.94. The quantitative estimate of drug-likeness (QED) is 0.760. The molecule has 0 N–H and O–H groups in total. The van der Waals surface area contributed by atoms with Crippen LogP contribution >= 0.6 is 34.5 Å². The molecule has 0 aliphatic carbocycles. The van der Waals surface area contributed by atoms with Gasteiger partial charge in [-0.05, 0) is 30.0 Å². The molecule has 134 valence electrons. The van der Waals surface area contributed by atoms with E-state index in [1.165, 1.54) is 12.0 Å². The maximum absolute atomic E-state index is 12.7. The van der Waals surface area contributed by atoms with Crippen molar-refractivity contribution >= 4 is 40.4 Å². The van der Waals surface area contributed by atoms with Crippen molar-refractivity contribution in [2.75, 3.05) is 39.8 Å². The van der Waals surface area contributed by atoms with E-state index in [4.69, 9.17) is 27.9 Å². The molecule has 1 fully saturated rings. The topological polar surface area (TPSA) is 32.8 Å². The Morgan fingerprint density at radius 2 is 1.88 bits per heavy atom. The zero-order chi connectivity index (χ0) is 17.8. The minimum absolute atomic E-state index is 0.0376. The summed E-state index contributed by atoms with van der Waals surface area (Å²) in [5.74, 6) is 0.364. The van der Waals surface area contributed by atoms with Crippen molar-refractivity contribution in [2.24, 2.45) is 0 Å². The first-order valence-electron chi connectivity index (χ1n) is 8.15. The number of ether oxygens (including phenoxy) is 1. The summed E-state index contributed by atoms with van der Waals surface area (Å²) < 4.78 is 5.13. The van der Waals surface area contributed by atoms with Gasteiger partial charge in [0.15, 0.2) is 5.75 Å². The summed E-state index contributed by atoms with van der Waals surface area (Å²) in [6.45, 7) is 4.22. The number of nitrogens with zero attached hydrogens (tertiary/aromatic N) is 2. The fraction of sp³-hybridized carbons (Fsp3) is 0.389. The monoisotopic (exact) mass is 398 g/mol. The molecule has 0 unspecified atom stereocenters. The number of carbonyl (C=O) groups is 1. The van der Waals surface area contributed by atoms with Crippen molar-refractivity contribution < 1.29 is 9.53 Å². The SMILES string of the molecule is COc1c(Cl)cc(C(=O)N2CCN(CCc3cccs3)CC2)cc1Cl. The normalized spacial score (nSPS) is 15.4. The third-order valence-electron chi connectivity index (χ3n) is 4.36. The maximum Gasteiger partial charge on any atom is 0.254 e. The molecule has 7 heteroatoms. The van der Waals surface area contributed by atoms with Crippen LogP contribution in [0, 0.1) is 0 Å². The van der Waals surface area contributed by atoms with Crippen molar-refractivity contribution in [1.29, 1.82) is 0 Å². The highest BCUT2D eigenvalue weighted by atomic mass is 35.5. The van der Waals surface area contributed by atoms with Gasteiger partial charge >= 0.3 is 0 Å². The number of methoxy groups -OCH3 is 1. The number of thiophene rings is 1. The summed E-state index contributed by atoms with van der Waals surface area (Å²) in [6.07, 6.45) is 1.06. The summed E-state index contributed by atoms with van der Waals surface area (Å²) in [4.78, 5) is 18.4. The van der Waals surface area contributed by atoms with E-state index in [1.807, 2.05) is 4.90 Å². The number of piperazine rings is 1. The predicted octanol–water partition coefficient (Wildman–Crippen LogP) is 4.06. The highest BCUT2D eigenvalue weighted by Gasteiger charge is 2.23. The number of hydrogen-bond donors (Lipinski definition) is 0. The molecule has 1 saturated heterocycles. The molecule has 0 spiro atoms. The van der Waals surface area contributed by atoms with Crippen LogP contribution in [0.1, 0.15) is 15.2 Å². The first kappa shape index (κ1) is 18.5. The average Bonchev–Trinajstić information content (AvgIpc) is 3.13. The smallest absolute Gasteiger partial charge is 0.254 e. The van der Waals surface area contributed by atoms with Crippen LogP contribution in [-0.4, -0.2) is 55.5 Å². The molecule has 1 aliphatic heterocycles. The van der Waals surface area contributed by atoms with Crippen molar-refractivity contribution in [3.63, 3.8) is 0 Å². The Morgan fingerprint density at radius 1 is 1.20 bits per heavy atom. The van der Waals surface area contributed by atoms with E-state index in [0.717, 1.165) is 26.1 Å². The van der Waals surface area contributed by atoms with E-state index in [1.54, 1.807) is 23.5 Å². The number of rotatable bonds is 5. The van der Waals surface area contributed by atoms with Crippen LogP contribution in [-0.2, 0) is 6.42 Å². The molecule has 0 radical (unpaired) electrons. The van der Waals surface area contributed by atoms with Crippen molar-refractivity contribution in [3.05, 3.63) is 50.1 Å². The van der Waals surface area contributed by atoms with Gasteiger partial charge in [0.2, 0.25) is 0 Å². The molecular formula is C18H20Cl2N2O2S. The van der Waals surface area contributed by atoms with Gasteiger partial charge in [-0.2, -0.15) is 0 Å². The standard InChI is InChI=1S/C18H20Cl2N2O2S/c1-24-17-15(19)11-13(12-16(17)20)18(23)22-8-6-21(7-9-22)5-4-14-3-2-10-25-14/h2-3,10-12H,4-9H2,1H3. The number of benzene rings is 1. The lowest BCUT2D eigenvalue weighted by atomic mass is 10.1. The summed E-state index contributed by atoms with van der Waals surface area (Å²) in [5.41, 5.74) is 0.503. The molecule has 3 rings (SSSR count). The maximum atomic E-state index is 12.7. The van der Waals surface area contributed by atoms with Crippen LogP contribution in [0.15, 0.2) is 29.6 Å². The van der Waals surface area contributed by atoms with Crippen LogP contribution in [0.25, 0.3) is 0 Å². The number of carbonyl (C=O) groups excluding carboxylic acids is 1. The number of amides is 1. The average molecular weight is 399 g/mol. The summed E-state index contributed by atoms with van der Waals surface area (Å²) in [7, 11) is 1.50. The molecule has 1 aliphatic rings. The molecular weight excluding hydrogens is 379 g/mol. The predicted molar refractivity (Wildman–Crippen MR) is 103 cm³/mol. The molecule has 25 heavy (non-hydrogen) atoms. The van der Waals surface area contributed by atoms with Gasteiger partial charge in [-0.25, -0.2) is 0 Å². The minimum atomic E-state index is -0.0376. The highest BCUT2D eigenvalue weighted by Crippen LogP contribution is 2.34. The zero-order valence-corrected chi connectivity index (χ0v) is 16.3. The molecule has 2 heterocycles. The van der Waals surface area contributed by atoms with E-state index in [-0.39, 0.29) is 5.91 Å². The summed E-state index contributed by atoms with van der Waals surface area (Å²) in [6, 6.07) is 7.50. The van der Waals surface area contributed by atoms with Crippen molar-refractivity contribution in [3.8, 4) is 5.75 Å². The fourth-order valence-corrected chi connectivity index (χ4v) is 4.30. The molecule has 1 aromatic heterocycles. The van der Waals surface area contributed by atoms with Crippen LogP contribution in [0.5, 0.6) is 5.75 Å². The van der Waals surface area contributed by atoms with Crippen LogP contribution < -0.4 is 4.74 Å². The van der Waals surface area contributed by atoms with Gasteiger partial charge in [0.1, 0.15) is 0 Å². The van der Waals surface area contributed by atoms with Gasteiger partial charge in [-0.3, -0.25) is 9.69 Å². The molecule has 0 saturated carbocycles. The van der Waals surface area contributed by atoms with Crippen molar-refractivity contribution in [2.45, 2.75) is 6.42 Å².